The van der Waals surface area contributed by atoms with Crippen LogP contribution in [0.3, 0.4) is 0 Å². The van der Waals surface area contributed by atoms with Crippen LogP contribution in [0.4, 0.5) is 5.69 Å². The first kappa shape index (κ1) is 11.3. The molecule has 5 nitrogen and oxygen atoms in total. The second kappa shape index (κ2) is 4.13. The first-order valence-electron chi connectivity index (χ1n) is 5.71. The van der Waals surface area contributed by atoms with Gasteiger partial charge in [0.1, 0.15) is 5.75 Å². The smallest absolute Gasteiger partial charge is 0.269 e. The Kier molecular flexibility index (Phi) is 2.45. The monoisotopic (exact) mass is 254 g/mol. The Morgan fingerprint density at radius 2 is 1.79 bits per heavy atom. The Balaban J connectivity index is 2.14. The van der Waals surface area contributed by atoms with Crippen molar-refractivity contribution in [2.75, 3.05) is 0 Å². The van der Waals surface area contributed by atoms with Crippen molar-refractivity contribution in [1.29, 1.82) is 0 Å². The molecule has 0 radical (unpaired) electrons. The van der Waals surface area contributed by atoms with E-state index in [1.54, 1.807) is 24.3 Å². The van der Waals surface area contributed by atoms with Crippen LogP contribution in [-0.2, 0) is 0 Å². The van der Waals surface area contributed by atoms with Gasteiger partial charge in [0, 0.05) is 29.4 Å². The number of benzene rings is 2. The Morgan fingerprint density at radius 1 is 1.05 bits per heavy atom. The minimum absolute atomic E-state index is 0.0584. The number of nitro benzene ring substituents is 1. The summed E-state index contributed by atoms with van der Waals surface area (Å²) in [6.45, 7) is 0. The van der Waals surface area contributed by atoms with E-state index in [0.717, 1.165) is 16.6 Å². The van der Waals surface area contributed by atoms with Crippen LogP contribution in [0.5, 0.6) is 5.75 Å². The maximum atomic E-state index is 10.6. The van der Waals surface area contributed by atoms with Gasteiger partial charge in [-0.2, -0.15) is 0 Å². The van der Waals surface area contributed by atoms with Gasteiger partial charge in [-0.1, -0.05) is 6.07 Å². The molecule has 3 aromatic rings. The summed E-state index contributed by atoms with van der Waals surface area (Å²) in [5.41, 5.74) is 1.73. The molecule has 2 aromatic carbocycles. The molecule has 94 valence electrons. The Labute approximate surface area is 108 Å². The average Bonchev–Trinajstić information content (AvgIpc) is 2.84. The van der Waals surface area contributed by atoms with E-state index in [-0.39, 0.29) is 11.4 Å². The SMILES string of the molecule is O=[N+]([O-])c1ccc(-n2ccc3c(O)cccc32)cc1. The van der Waals surface area contributed by atoms with Crippen LogP contribution in [0.2, 0.25) is 0 Å². The molecule has 1 heterocycles. The third kappa shape index (κ3) is 1.81. The number of non-ortho nitro benzene ring substituents is 1. The van der Waals surface area contributed by atoms with E-state index in [9.17, 15) is 15.2 Å². The number of nitrogens with zero attached hydrogens (tertiary/aromatic N) is 2. The van der Waals surface area contributed by atoms with Gasteiger partial charge < -0.3 is 9.67 Å². The van der Waals surface area contributed by atoms with E-state index in [2.05, 4.69) is 0 Å². The maximum absolute atomic E-state index is 10.6. The lowest BCUT2D eigenvalue weighted by atomic mass is 10.2. The normalized spacial score (nSPS) is 10.7. The number of hydrogen-bond donors (Lipinski definition) is 1. The molecule has 0 saturated heterocycles. The maximum Gasteiger partial charge on any atom is 0.269 e. The van der Waals surface area contributed by atoms with Gasteiger partial charge in [0.25, 0.3) is 5.69 Å². The lowest BCUT2D eigenvalue weighted by Crippen LogP contribution is -1.93. The highest BCUT2D eigenvalue weighted by atomic mass is 16.6. The number of aromatic nitrogens is 1. The number of nitro groups is 1. The van der Waals surface area contributed by atoms with E-state index in [1.807, 2.05) is 22.9 Å². The summed E-state index contributed by atoms with van der Waals surface area (Å²) in [6.07, 6.45) is 1.82. The van der Waals surface area contributed by atoms with Crippen LogP contribution in [0, 0.1) is 10.1 Å². The highest BCUT2D eigenvalue weighted by Crippen LogP contribution is 2.28. The fourth-order valence-electron chi connectivity index (χ4n) is 2.11. The lowest BCUT2D eigenvalue weighted by molar-refractivity contribution is -0.384. The molecule has 0 aliphatic carbocycles. The number of fused-ring (bicyclic) bond motifs is 1. The fraction of sp³-hybridized carbons (Fsp3) is 0. The molecular formula is C14H10N2O3. The summed E-state index contributed by atoms with van der Waals surface area (Å²) in [4.78, 5) is 10.2. The zero-order chi connectivity index (χ0) is 13.4. The molecule has 1 aromatic heterocycles. The molecule has 0 saturated carbocycles. The van der Waals surface area contributed by atoms with Gasteiger partial charge >= 0.3 is 0 Å². The van der Waals surface area contributed by atoms with Gasteiger partial charge in [-0.25, -0.2) is 0 Å². The van der Waals surface area contributed by atoms with Gasteiger partial charge in [0.2, 0.25) is 0 Å². The van der Waals surface area contributed by atoms with Gasteiger partial charge in [0.15, 0.2) is 0 Å². The van der Waals surface area contributed by atoms with E-state index in [4.69, 9.17) is 0 Å². The third-order valence-corrected chi connectivity index (χ3v) is 3.05. The number of phenols is 1. The standard InChI is InChI=1S/C14H10N2O3/c17-14-3-1-2-13-12(14)8-9-15(13)10-4-6-11(7-5-10)16(18)19/h1-9,17H. The molecule has 0 aliphatic heterocycles. The van der Waals surface area contributed by atoms with E-state index >= 15 is 0 Å². The molecule has 0 bridgehead atoms. The molecule has 19 heavy (non-hydrogen) atoms. The molecule has 0 atom stereocenters. The van der Waals surface area contributed by atoms with Crippen molar-refractivity contribution < 1.29 is 10.0 Å². The second-order valence-corrected chi connectivity index (χ2v) is 4.17. The highest BCUT2D eigenvalue weighted by molar-refractivity contribution is 5.87. The molecule has 0 aliphatic rings. The molecule has 0 unspecified atom stereocenters. The van der Waals surface area contributed by atoms with Crippen LogP contribution in [0.15, 0.2) is 54.7 Å². The van der Waals surface area contributed by atoms with Crippen LogP contribution in [-0.4, -0.2) is 14.6 Å². The van der Waals surface area contributed by atoms with Crippen molar-refractivity contribution in [3.05, 3.63) is 64.8 Å². The number of phenolic OH excluding ortho intramolecular Hbond substituents is 1. The van der Waals surface area contributed by atoms with Crippen molar-refractivity contribution in [3.8, 4) is 11.4 Å². The van der Waals surface area contributed by atoms with Crippen LogP contribution in [0.25, 0.3) is 16.6 Å². The van der Waals surface area contributed by atoms with Crippen molar-refractivity contribution in [1.82, 2.24) is 4.57 Å². The van der Waals surface area contributed by atoms with Crippen LogP contribution in [0.1, 0.15) is 0 Å². The largest absolute Gasteiger partial charge is 0.507 e. The third-order valence-electron chi connectivity index (χ3n) is 3.05. The molecule has 1 N–H and O–H groups in total. The predicted molar refractivity (Wildman–Crippen MR) is 71.6 cm³/mol. The van der Waals surface area contributed by atoms with Gasteiger partial charge in [-0.15, -0.1) is 0 Å². The van der Waals surface area contributed by atoms with E-state index < -0.39 is 4.92 Å². The number of rotatable bonds is 2. The van der Waals surface area contributed by atoms with Gasteiger partial charge in [-0.3, -0.25) is 10.1 Å². The molecule has 0 fully saturated rings. The number of hydrogen-bond acceptors (Lipinski definition) is 3. The van der Waals surface area contributed by atoms with Crippen LogP contribution < -0.4 is 0 Å². The number of aromatic hydroxyl groups is 1. The second-order valence-electron chi connectivity index (χ2n) is 4.17. The Hall–Kier alpha value is -2.82. The Bertz CT molecular complexity index is 760. The first-order chi connectivity index (χ1) is 9.16. The topological polar surface area (TPSA) is 68.3 Å². The highest BCUT2D eigenvalue weighted by Gasteiger charge is 2.08. The minimum atomic E-state index is -0.427. The summed E-state index contributed by atoms with van der Waals surface area (Å²) >= 11 is 0. The molecule has 0 spiro atoms. The van der Waals surface area contributed by atoms with Gasteiger partial charge in [0.05, 0.1) is 10.4 Å². The van der Waals surface area contributed by atoms with E-state index in [0.29, 0.717) is 0 Å². The zero-order valence-electron chi connectivity index (χ0n) is 9.85. The zero-order valence-corrected chi connectivity index (χ0v) is 9.85. The molecular weight excluding hydrogens is 244 g/mol. The predicted octanol–water partition coefficient (Wildman–Crippen LogP) is 3.24. The summed E-state index contributed by atoms with van der Waals surface area (Å²) in [5, 5.41) is 21.1. The summed E-state index contributed by atoms with van der Waals surface area (Å²) < 4.78 is 1.87. The summed E-state index contributed by atoms with van der Waals surface area (Å²) in [7, 11) is 0. The minimum Gasteiger partial charge on any atom is -0.507 e. The summed E-state index contributed by atoms with van der Waals surface area (Å²) in [6, 6.07) is 13.4. The molecule has 0 amide bonds. The van der Waals surface area contributed by atoms with E-state index in [1.165, 1.54) is 12.1 Å². The quantitative estimate of drug-likeness (QED) is 0.563. The van der Waals surface area contributed by atoms with Crippen molar-refractivity contribution in [2.45, 2.75) is 0 Å². The first-order valence-corrected chi connectivity index (χ1v) is 5.71. The molecule has 5 heteroatoms. The molecule has 3 rings (SSSR count). The van der Waals surface area contributed by atoms with Gasteiger partial charge in [-0.05, 0) is 30.3 Å². The van der Waals surface area contributed by atoms with Crippen LogP contribution >= 0.6 is 0 Å². The van der Waals surface area contributed by atoms with Crippen molar-refractivity contribution in [3.63, 3.8) is 0 Å². The Morgan fingerprint density at radius 3 is 2.47 bits per heavy atom. The van der Waals surface area contributed by atoms with Crippen molar-refractivity contribution in [2.24, 2.45) is 0 Å². The fourth-order valence-corrected chi connectivity index (χ4v) is 2.11. The lowest BCUT2D eigenvalue weighted by Gasteiger charge is -2.05. The summed E-state index contributed by atoms with van der Waals surface area (Å²) in [5.74, 6) is 0.221. The average molecular weight is 254 g/mol. The van der Waals surface area contributed by atoms with Crippen molar-refractivity contribution >= 4 is 16.6 Å².